The summed E-state index contributed by atoms with van der Waals surface area (Å²) in [6.07, 6.45) is 1.02. The second-order valence-corrected chi connectivity index (χ2v) is 4.94. The minimum absolute atomic E-state index is 0.0199. The van der Waals surface area contributed by atoms with Gasteiger partial charge in [-0.15, -0.1) is 0 Å². The Hall–Kier alpha value is -0.870. The molecule has 0 aliphatic heterocycles. The second kappa shape index (κ2) is 8.25. The molecule has 0 aromatic heterocycles. The number of hydrogen-bond donors (Lipinski definition) is 1. The van der Waals surface area contributed by atoms with Gasteiger partial charge in [0.1, 0.15) is 0 Å². The number of aliphatic hydroxyl groups excluding tert-OH is 1. The topological polar surface area (TPSA) is 38.7 Å². The number of aliphatic hydroxyl groups is 1. The summed E-state index contributed by atoms with van der Waals surface area (Å²) in [7, 11) is 1.62. The van der Waals surface area contributed by atoms with Crippen molar-refractivity contribution in [1.82, 2.24) is 0 Å². The molecule has 0 amide bonds. The van der Waals surface area contributed by atoms with Crippen molar-refractivity contribution in [3.8, 4) is 11.5 Å². The van der Waals surface area contributed by atoms with Gasteiger partial charge in [0.25, 0.3) is 0 Å². The predicted molar refractivity (Wildman–Crippen MR) is 72.0 cm³/mol. The molecule has 0 fully saturated rings. The van der Waals surface area contributed by atoms with Gasteiger partial charge in [-0.05, 0) is 35.6 Å². The summed E-state index contributed by atoms with van der Waals surface area (Å²) >= 11 is 1.91. The van der Waals surface area contributed by atoms with Crippen molar-refractivity contribution < 1.29 is 14.6 Å². The number of thioether (sulfide) groups is 1. The first-order chi connectivity index (χ1) is 8.31. The molecule has 1 aromatic rings. The summed E-state index contributed by atoms with van der Waals surface area (Å²) in [5, 5.41) is 9.07. The van der Waals surface area contributed by atoms with E-state index in [2.05, 4.69) is 6.92 Å². The lowest BCUT2D eigenvalue weighted by Crippen LogP contribution is -2.01. The number of rotatable bonds is 8. The Kier molecular flexibility index (Phi) is 6.89. The van der Waals surface area contributed by atoms with Crippen molar-refractivity contribution in [2.45, 2.75) is 20.0 Å². The molecule has 3 nitrogen and oxygen atoms in total. The molecular formula is C13H20O3S. The summed E-state index contributed by atoms with van der Waals surface area (Å²) in [5.41, 5.74) is 0.837. The van der Waals surface area contributed by atoms with Gasteiger partial charge in [0.15, 0.2) is 11.5 Å². The van der Waals surface area contributed by atoms with Crippen molar-refractivity contribution in [2.24, 2.45) is 0 Å². The van der Waals surface area contributed by atoms with Gasteiger partial charge in [0.2, 0.25) is 0 Å². The van der Waals surface area contributed by atoms with Gasteiger partial charge in [0.05, 0.1) is 20.3 Å². The molecule has 0 heterocycles. The monoisotopic (exact) mass is 256 g/mol. The van der Waals surface area contributed by atoms with Crippen LogP contribution in [0, 0.1) is 0 Å². The molecule has 17 heavy (non-hydrogen) atoms. The van der Waals surface area contributed by atoms with E-state index >= 15 is 0 Å². The normalized spacial score (nSPS) is 10.3. The van der Waals surface area contributed by atoms with Crippen molar-refractivity contribution >= 4 is 11.8 Å². The molecule has 0 saturated carbocycles. The fourth-order valence-electron chi connectivity index (χ4n) is 1.42. The maximum atomic E-state index is 9.07. The van der Waals surface area contributed by atoms with Crippen LogP contribution in [0.5, 0.6) is 11.5 Å². The Labute approximate surface area is 107 Å². The minimum Gasteiger partial charge on any atom is -0.493 e. The van der Waals surface area contributed by atoms with Crippen molar-refractivity contribution in [3.63, 3.8) is 0 Å². The van der Waals surface area contributed by atoms with Crippen LogP contribution in [-0.2, 0) is 6.61 Å². The fourth-order valence-corrected chi connectivity index (χ4v) is 2.03. The molecule has 1 rings (SSSR count). The maximum Gasteiger partial charge on any atom is 0.161 e. The van der Waals surface area contributed by atoms with E-state index in [0.717, 1.165) is 23.5 Å². The Morgan fingerprint density at radius 3 is 2.76 bits per heavy atom. The standard InChI is InChI=1S/C13H20O3S/c1-3-17-8-4-7-16-13-9-11(10-14)5-6-12(13)15-2/h5-6,9,14H,3-4,7-8,10H2,1-2H3. The number of benzene rings is 1. The minimum atomic E-state index is 0.0199. The van der Waals surface area contributed by atoms with Crippen LogP contribution in [0.1, 0.15) is 18.9 Å². The average molecular weight is 256 g/mol. The first kappa shape index (κ1) is 14.2. The molecule has 1 aromatic carbocycles. The molecule has 0 spiro atoms. The molecule has 1 N–H and O–H groups in total. The van der Waals surface area contributed by atoms with Crippen LogP contribution in [0.15, 0.2) is 18.2 Å². The lowest BCUT2D eigenvalue weighted by molar-refractivity contribution is 0.275. The van der Waals surface area contributed by atoms with Crippen LogP contribution >= 0.6 is 11.8 Å². The summed E-state index contributed by atoms with van der Waals surface area (Å²) in [4.78, 5) is 0. The SMILES string of the molecule is CCSCCCOc1cc(CO)ccc1OC. The zero-order chi connectivity index (χ0) is 12.5. The van der Waals surface area contributed by atoms with Gasteiger partial charge in [-0.1, -0.05) is 13.0 Å². The lowest BCUT2D eigenvalue weighted by atomic mass is 10.2. The van der Waals surface area contributed by atoms with Gasteiger partial charge < -0.3 is 14.6 Å². The molecule has 0 unspecified atom stereocenters. The van der Waals surface area contributed by atoms with Gasteiger partial charge >= 0.3 is 0 Å². The van der Waals surface area contributed by atoms with E-state index in [1.807, 2.05) is 30.0 Å². The lowest BCUT2D eigenvalue weighted by Gasteiger charge is -2.11. The van der Waals surface area contributed by atoms with Gasteiger partial charge in [-0.25, -0.2) is 0 Å². The first-order valence-corrected chi connectivity index (χ1v) is 6.95. The quantitative estimate of drug-likeness (QED) is 0.726. The van der Waals surface area contributed by atoms with Gasteiger partial charge in [0, 0.05) is 0 Å². The van der Waals surface area contributed by atoms with Crippen LogP contribution < -0.4 is 9.47 Å². The van der Waals surface area contributed by atoms with Crippen molar-refractivity contribution in [3.05, 3.63) is 23.8 Å². The summed E-state index contributed by atoms with van der Waals surface area (Å²) in [6.45, 7) is 2.85. The molecule has 96 valence electrons. The largest absolute Gasteiger partial charge is 0.493 e. The Balaban J connectivity index is 2.49. The first-order valence-electron chi connectivity index (χ1n) is 5.80. The highest BCUT2D eigenvalue weighted by Gasteiger charge is 2.05. The highest BCUT2D eigenvalue weighted by molar-refractivity contribution is 7.99. The Morgan fingerprint density at radius 2 is 2.12 bits per heavy atom. The van der Waals surface area contributed by atoms with E-state index in [9.17, 15) is 0 Å². The molecular weight excluding hydrogens is 236 g/mol. The number of ether oxygens (including phenoxy) is 2. The third kappa shape index (κ3) is 4.88. The zero-order valence-corrected chi connectivity index (χ0v) is 11.3. The molecule has 0 radical (unpaired) electrons. The highest BCUT2D eigenvalue weighted by Crippen LogP contribution is 2.28. The Morgan fingerprint density at radius 1 is 1.29 bits per heavy atom. The number of hydrogen-bond acceptors (Lipinski definition) is 4. The third-order valence-corrected chi connectivity index (χ3v) is 3.29. The molecule has 0 atom stereocenters. The number of methoxy groups -OCH3 is 1. The molecule has 0 aliphatic carbocycles. The Bertz CT molecular complexity index is 328. The van der Waals surface area contributed by atoms with Crippen molar-refractivity contribution in [2.75, 3.05) is 25.2 Å². The van der Waals surface area contributed by atoms with Crippen LogP contribution in [0.25, 0.3) is 0 Å². The van der Waals surface area contributed by atoms with E-state index in [4.69, 9.17) is 14.6 Å². The molecule has 0 saturated heterocycles. The average Bonchev–Trinajstić information content (AvgIpc) is 2.38. The second-order valence-electron chi connectivity index (χ2n) is 3.54. The van der Waals surface area contributed by atoms with Crippen LogP contribution in [0.4, 0.5) is 0 Å². The van der Waals surface area contributed by atoms with Crippen LogP contribution in [0.3, 0.4) is 0 Å². The summed E-state index contributed by atoms with van der Waals surface area (Å²) in [6, 6.07) is 5.48. The van der Waals surface area contributed by atoms with E-state index in [1.165, 1.54) is 0 Å². The summed E-state index contributed by atoms with van der Waals surface area (Å²) < 4.78 is 10.9. The zero-order valence-electron chi connectivity index (χ0n) is 10.4. The van der Waals surface area contributed by atoms with Gasteiger partial charge in [-0.3, -0.25) is 0 Å². The summed E-state index contributed by atoms with van der Waals surface area (Å²) in [5.74, 6) is 3.67. The van der Waals surface area contributed by atoms with Gasteiger partial charge in [-0.2, -0.15) is 11.8 Å². The van der Waals surface area contributed by atoms with E-state index < -0.39 is 0 Å². The molecule has 0 bridgehead atoms. The van der Waals surface area contributed by atoms with E-state index in [1.54, 1.807) is 7.11 Å². The highest BCUT2D eigenvalue weighted by atomic mass is 32.2. The predicted octanol–water partition coefficient (Wildman–Crippen LogP) is 2.71. The van der Waals surface area contributed by atoms with Crippen molar-refractivity contribution in [1.29, 1.82) is 0 Å². The van der Waals surface area contributed by atoms with Crippen LogP contribution in [0.2, 0.25) is 0 Å². The smallest absolute Gasteiger partial charge is 0.161 e. The third-order valence-electron chi connectivity index (χ3n) is 2.31. The fraction of sp³-hybridized carbons (Fsp3) is 0.538. The van der Waals surface area contributed by atoms with E-state index in [-0.39, 0.29) is 6.61 Å². The molecule has 0 aliphatic rings. The van der Waals surface area contributed by atoms with Crippen LogP contribution in [-0.4, -0.2) is 30.3 Å². The molecule has 4 heteroatoms. The maximum absolute atomic E-state index is 9.07. The van der Waals surface area contributed by atoms with E-state index in [0.29, 0.717) is 18.1 Å².